The number of nitriles is 1. The van der Waals surface area contributed by atoms with Crippen LogP contribution in [0.3, 0.4) is 0 Å². The Labute approximate surface area is 134 Å². The molecule has 0 N–H and O–H groups in total. The minimum Gasteiger partial charge on any atom is -0.486 e. The standard InChI is InChI=1S/C17H16N4O2/c18-11-13-10-14(20-17(19-13)21-5-1-2-6-21)12-3-4-15-16(9-12)23-8-7-22-15/h3-4,9-10H,1-2,5-8H2. The van der Waals surface area contributed by atoms with Gasteiger partial charge in [-0.1, -0.05) is 0 Å². The van der Waals surface area contributed by atoms with Crippen molar-refractivity contribution in [3.63, 3.8) is 0 Å². The third-order valence-corrected chi connectivity index (χ3v) is 4.06. The van der Waals surface area contributed by atoms with Crippen LogP contribution in [0.2, 0.25) is 0 Å². The van der Waals surface area contributed by atoms with Crippen molar-refractivity contribution in [1.82, 2.24) is 9.97 Å². The third-order valence-electron chi connectivity index (χ3n) is 4.06. The number of hydrogen-bond donors (Lipinski definition) is 0. The summed E-state index contributed by atoms with van der Waals surface area (Å²) in [6.45, 7) is 2.99. The molecule has 0 aliphatic carbocycles. The molecule has 23 heavy (non-hydrogen) atoms. The molecule has 0 atom stereocenters. The molecule has 0 radical (unpaired) electrons. The molecule has 0 spiro atoms. The fourth-order valence-electron chi connectivity index (χ4n) is 2.90. The first kappa shape index (κ1) is 13.8. The number of rotatable bonds is 2. The Morgan fingerprint density at radius 2 is 1.78 bits per heavy atom. The second kappa shape index (κ2) is 5.76. The van der Waals surface area contributed by atoms with Gasteiger partial charge in [-0.15, -0.1) is 0 Å². The van der Waals surface area contributed by atoms with Crippen molar-refractivity contribution in [3.8, 4) is 28.8 Å². The number of ether oxygens (including phenoxy) is 2. The number of hydrogen-bond acceptors (Lipinski definition) is 6. The predicted molar refractivity (Wildman–Crippen MR) is 84.6 cm³/mol. The highest BCUT2D eigenvalue weighted by Gasteiger charge is 2.18. The molecule has 2 aromatic rings. The van der Waals surface area contributed by atoms with Crippen molar-refractivity contribution < 1.29 is 9.47 Å². The highest BCUT2D eigenvalue weighted by molar-refractivity contribution is 5.66. The quantitative estimate of drug-likeness (QED) is 0.848. The van der Waals surface area contributed by atoms with E-state index in [1.54, 1.807) is 6.07 Å². The minimum absolute atomic E-state index is 0.381. The third kappa shape index (κ3) is 2.66. The highest BCUT2D eigenvalue weighted by Crippen LogP contribution is 2.34. The average Bonchev–Trinajstić information content (AvgIpc) is 3.15. The van der Waals surface area contributed by atoms with Gasteiger partial charge in [0.05, 0.1) is 5.69 Å². The Morgan fingerprint density at radius 3 is 2.57 bits per heavy atom. The van der Waals surface area contributed by atoms with Gasteiger partial charge in [-0.3, -0.25) is 0 Å². The van der Waals surface area contributed by atoms with Crippen LogP contribution in [0.15, 0.2) is 24.3 Å². The van der Waals surface area contributed by atoms with E-state index in [9.17, 15) is 5.26 Å². The zero-order valence-electron chi connectivity index (χ0n) is 12.7. The van der Waals surface area contributed by atoms with Crippen LogP contribution in [0.25, 0.3) is 11.3 Å². The maximum atomic E-state index is 9.26. The topological polar surface area (TPSA) is 71.3 Å². The lowest BCUT2D eigenvalue weighted by Gasteiger charge is -2.19. The van der Waals surface area contributed by atoms with Crippen LogP contribution < -0.4 is 14.4 Å². The number of aromatic nitrogens is 2. The lowest BCUT2D eigenvalue weighted by molar-refractivity contribution is 0.171. The summed E-state index contributed by atoms with van der Waals surface area (Å²) in [5.41, 5.74) is 2.01. The number of benzene rings is 1. The number of anilines is 1. The summed E-state index contributed by atoms with van der Waals surface area (Å²) in [6, 6.07) is 9.57. The number of nitrogens with zero attached hydrogens (tertiary/aromatic N) is 4. The molecule has 1 aromatic heterocycles. The second-order valence-electron chi connectivity index (χ2n) is 5.60. The van der Waals surface area contributed by atoms with Gasteiger partial charge >= 0.3 is 0 Å². The molecule has 6 heteroatoms. The zero-order valence-corrected chi connectivity index (χ0v) is 12.7. The Morgan fingerprint density at radius 1 is 1.00 bits per heavy atom. The van der Waals surface area contributed by atoms with Crippen molar-refractivity contribution in [2.24, 2.45) is 0 Å². The van der Waals surface area contributed by atoms with Gasteiger partial charge in [0.15, 0.2) is 11.5 Å². The maximum Gasteiger partial charge on any atom is 0.227 e. The largest absolute Gasteiger partial charge is 0.486 e. The molecular formula is C17H16N4O2. The maximum absolute atomic E-state index is 9.26. The van der Waals surface area contributed by atoms with E-state index in [0.717, 1.165) is 42.9 Å². The summed E-state index contributed by atoms with van der Waals surface area (Å²) in [5, 5.41) is 9.26. The second-order valence-corrected chi connectivity index (χ2v) is 5.60. The monoisotopic (exact) mass is 308 g/mol. The van der Waals surface area contributed by atoms with Gasteiger partial charge < -0.3 is 14.4 Å². The van der Waals surface area contributed by atoms with Gasteiger partial charge in [0.1, 0.15) is 25.0 Å². The molecule has 0 amide bonds. The Kier molecular flexibility index (Phi) is 3.46. The van der Waals surface area contributed by atoms with Crippen LogP contribution in [0.5, 0.6) is 11.5 Å². The van der Waals surface area contributed by atoms with Gasteiger partial charge in [-0.25, -0.2) is 9.97 Å². The van der Waals surface area contributed by atoms with E-state index < -0.39 is 0 Å². The molecule has 6 nitrogen and oxygen atoms in total. The minimum atomic E-state index is 0.381. The van der Waals surface area contributed by atoms with Crippen LogP contribution in [0, 0.1) is 11.3 Å². The summed E-state index contributed by atoms with van der Waals surface area (Å²) in [5.74, 6) is 2.09. The molecule has 2 aliphatic rings. The molecule has 1 saturated heterocycles. The van der Waals surface area contributed by atoms with E-state index >= 15 is 0 Å². The smallest absolute Gasteiger partial charge is 0.227 e. The van der Waals surface area contributed by atoms with Crippen molar-refractivity contribution in [2.45, 2.75) is 12.8 Å². The van der Waals surface area contributed by atoms with E-state index in [-0.39, 0.29) is 0 Å². The fraction of sp³-hybridized carbons (Fsp3) is 0.353. The summed E-state index contributed by atoms with van der Waals surface area (Å²) in [4.78, 5) is 11.1. The van der Waals surface area contributed by atoms with Crippen molar-refractivity contribution in [3.05, 3.63) is 30.0 Å². The van der Waals surface area contributed by atoms with Crippen molar-refractivity contribution in [1.29, 1.82) is 5.26 Å². The molecule has 1 fully saturated rings. The van der Waals surface area contributed by atoms with E-state index in [4.69, 9.17) is 9.47 Å². The van der Waals surface area contributed by atoms with E-state index in [1.807, 2.05) is 18.2 Å². The van der Waals surface area contributed by atoms with Gasteiger partial charge in [0, 0.05) is 24.7 Å². The van der Waals surface area contributed by atoms with Gasteiger partial charge in [-0.2, -0.15) is 5.26 Å². The summed E-state index contributed by atoms with van der Waals surface area (Å²) in [7, 11) is 0. The number of fused-ring (bicyclic) bond motifs is 1. The summed E-state index contributed by atoms with van der Waals surface area (Å²) >= 11 is 0. The van der Waals surface area contributed by atoms with E-state index in [0.29, 0.717) is 30.6 Å². The first-order chi connectivity index (χ1) is 11.3. The van der Waals surface area contributed by atoms with Crippen LogP contribution in [-0.2, 0) is 0 Å². The first-order valence-corrected chi connectivity index (χ1v) is 7.78. The molecule has 116 valence electrons. The summed E-state index contributed by atoms with van der Waals surface area (Å²) in [6.07, 6.45) is 2.28. The normalized spacial score (nSPS) is 16.2. The summed E-state index contributed by atoms with van der Waals surface area (Å²) < 4.78 is 11.2. The molecule has 0 bridgehead atoms. The van der Waals surface area contributed by atoms with E-state index in [1.165, 1.54) is 0 Å². The molecule has 3 heterocycles. The van der Waals surface area contributed by atoms with Crippen LogP contribution in [-0.4, -0.2) is 36.3 Å². The van der Waals surface area contributed by atoms with Crippen LogP contribution in [0.1, 0.15) is 18.5 Å². The molecule has 0 unspecified atom stereocenters. The molecular weight excluding hydrogens is 292 g/mol. The van der Waals surface area contributed by atoms with Gasteiger partial charge in [-0.05, 0) is 31.0 Å². The first-order valence-electron chi connectivity index (χ1n) is 7.78. The highest BCUT2D eigenvalue weighted by atomic mass is 16.6. The average molecular weight is 308 g/mol. The molecule has 0 saturated carbocycles. The van der Waals surface area contributed by atoms with Crippen LogP contribution >= 0.6 is 0 Å². The van der Waals surface area contributed by atoms with Crippen LogP contribution in [0.4, 0.5) is 5.95 Å². The predicted octanol–water partition coefficient (Wildman–Crippen LogP) is 2.39. The van der Waals surface area contributed by atoms with E-state index in [2.05, 4.69) is 20.9 Å². The zero-order chi connectivity index (χ0) is 15.6. The lowest BCUT2D eigenvalue weighted by Crippen LogP contribution is -2.21. The molecule has 2 aliphatic heterocycles. The van der Waals surface area contributed by atoms with Crippen molar-refractivity contribution in [2.75, 3.05) is 31.2 Å². The Balaban J connectivity index is 1.75. The fourth-order valence-corrected chi connectivity index (χ4v) is 2.90. The SMILES string of the molecule is N#Cc1cc(-c2ccc3c(c2)OCCO3)nc(N2CCCC2)n1. The van der Waals surface area contributed by atoms with Gasteiger partial charge in [0.2, 0.25) is 5.95 Å². The van der Waals surface area contributed by atoms with Gasteiger partial charge in [0.25, 0.3) is 0 Å². The van der Waals surface area contributed by atoms with Crippen molar-refractivity contribution >= 4 is 5.95 Å². The molecule has 1 aromatic carbocycles. The molecule has 4 rings (SSSR count). The Hall–Kier alpha value is -2.81. The Bertz CT molecular complexity index is 779. The lowest BCUT2D eigenvalue weighted by atomic mass is 10.1.